The highest BCUT2D eigenvalue weighted by atomic mass is 15.3. The van der Waals surface area contributed by atoms with Crippen molar-refractivity contribution in [3.63, 3.8) is 0 Å². The lowest BCUT2D eigenvalue weighted by atomic mass is 9.77. The molecule has 2 N–H and O–H groups in total. The predicted molar refractivity (Wildman–Crippen MR) is 73.0 cm³/mol. The molecule has 0 radical (unpaired) electrons. The van der Waals surface area contributed by atoms with Crippen LogP contribution >= 0.6 is 0 Å². The summed E-state index contributed by atoms with van der Waals surface area (Å²) in [6.07, 6.45) is 5.45. The van der Waals surface area contributed by atoms with Crippen molar-refractivity contribution >= 4 is 0 Å². The molecule has 2 fully saturated rings. The third kappa shape index (κ3) is 3.21. The summed E-state index contributed by atoms with van der Waals surface area (Å²) in [4.78, 5) is 4.90. The first-order chi connectivity index (χ1) is 8.08. The molecular formula is C14H29N3. The van der Waals surface area contributed by atoms with Crippen molar-refractivity contribution < 1.29 is 0 Å². The highest BCUT2D eigenvalue weighted by Crippen LogP contribution is 2.31. The Morgan fingerprint density at radius 2 is 1.71 bits per heavy atom. The van der Waals surface area contributed by atoms with Gasteiger partial charge in [0, 0.05) is 31.7 Å². The summed E-state index contributed by atoms with van der Waals surface area (Å²) < 4.78 is 0. The highest BCUT2D eigenvalue weighted by molar-refractivity contribution is 4.92. The molecule has 0 spiro atoms. The van der Waals surface area contributed by atoms with Gasteiger partial charge in [0.1, 0.15) is 0 Å². The van der Waals surface area contributed by atoms with Crippen molar-refractivity contribution in [1.29, 1.82) is 0 Å². The summed E-state index contributed by atoms with van der Waals surface area (Å²) in [5.74, 6) is 1.68. The fourth-order valence-corrected chi connectivity index (χ4v) is 3.44. The minimum Gasteiger partial charge on any atom is -0.326 e. The van der Waals surface area contributed by atoms with Gasteiger partial charge in [-0.15, -0.1) is 0 Å². The van der Waals surface area contributed by atoms with Gasteiger partial charge in [-0.3, -0.25) is 4.90 Å². The number of nitrogens with zero attached hydrogens (tertiary/aromatic N) is 2. The molecule has 2 aliphatic rings. The molecule has 0 aromatic heterocycles. The molecule has 1 aliphatic heterocycles. The quantitative estimate of drug-likeness (QED) is 0.790. The van der Waals surface area contributed by atoms with Gasteiger partial charge in [-0.25, -0.2) is 0 Å². The average molecular weight is 239 g/mol. The molecule has 1 heterocycles. The van der Waals surface area contributed by atoms with Crippen LogP contribution in [0.4, 0.5) is 0 Å². The maximum absolute atomic E-state index is 6.55. The molecule has 2 rings (SSSR count). The molecule has 2 atom stereocenters. The monoisotopic (exact) mass is 239 g/mol. The molecule has 1 saturated carbocycles. The summed E-state index contributed by atoms with van der Waals surface area (Å²) in [6.45, 7) is 5.87. The van der Waals surface area contributed by atoms with Crippen LogP contribution in [0.3, 0.4) is 0 Å². The van der Waals surface area contributed by atoms with Crippen molar-refractivity contribution in [3.05, 3.63) is 0 Å². The van der Waals surface area contributed by atoms with Gasteiger partial charge in [0.05, 0.1) is 0 Å². The number of nitrogens with two attached hydrogens (primary N) is 1. The van der Waals surface area contributed by atoms with E-state index in [0.717, 1.165) is 24.9 Å². The lowest BCUT2D eigenvalue weighted by Crippen LogP contribution is -2.59. The van der Waals surface area contributed by atoms with Gasteiger partial charge in [0.2, 0.25) is 0 Å². The molecule has 0 aromatic rings. The Kier molecular flexibility index (Phi) is 4.45. The SMILES string of the molecule is CC1CCC(C(N)C2CN(C)CCN2C)CC1. The van der Waals surface area contributed by atoms with Crippen molar-refractivity contribution in [1.82, 2.24) is 9.80 Å². The van der Waals surface area contributed by atoms with Crippen molar-refractivity contribution in [2.24, 2.45) is 17.6 Å². The summed E-state index contributed by atoms with van der Waals surface area (Å²) in [6, 6.07) is 0.933. The maximum Gasteiger partial charge on any atom is 0.0374 e. The zero-order valence-electron chi connectivity index (χ0n) is 11.7. The van der Waals surface area contributed by atoms with E-state index in [-0.39, 0.29) is 0 Å². The largest absolute Gasteiger partial charge is 0.326 e. The van der Waals surface area contributed by atoms with Crippen molar-refractivity contribution in [2.75, 3.05) is 33.7 Å². The molecule has 100 valence electrons. The van der Waals surface area contributed by atoms with E-state index in [2.05, 4.69) is 30.8 Å². The molecule has 1 saturated heterocycles. The maximum atomic E-state index is 6.55. The minimum absolute atomic E-state index is 0.371. The Morgan fingerprint density at radius 3 is 2.35 bits per heavy atom. The number of rotatable bonds is 2. The van der Waals surface area contributed by atoms with E-state index in [0.29, 0.717) is 12.1 Å². The summed E-state index contributed by atoms with van der Waals surface area (Å²) in [5.41, 5.74) is 6.55. The summed E-state index contributed by atoms with van der Waals surface area (Å²) in [7, 11) is 4.46. The van der Waals surface area contributed by atoms with Crippen LogP contribution < -0.4 is 5.73 Å². The summed E-state index contributed by atoms with van der Waals surface area (Å²) >= 11 is 0. The van der Waals surface area contributed by atoms with Gasteiger partial charge in [-0.2, -0.15) is 0 Å². The fourth-order valence-electron chi connectivity index (χ4n) is 3.44. The van der Waals surface area contributed by atoms with Crippen LogP contribution in [0.1, 0.15) is 32.6 Å². The lowest BCUT2D eigenvalue weighted by Gasteiger charge is -2.44. The predicted octanol–water partition coefficient (Wildman–Crippen LogP) is 1.39. The molecule has 17 heavy (non-hydrogen) atoms. The smallest absolute Gasteiger partial charge is 0.0374 e. The molecular weight excluding hydrogens is 210 g/mol. The van der Waals surface area contributed by atoms with Crippen LogP contribution in [0.5, 0.6) is 0 Å². The zero-order chi connectivity index (χ0) is 12.4. The van der Waals surface area contributed by atoms with Gasteiger partial charge >= 0.3 is 0 Å². The third-order valence-electron chi connectivity index (χ3n) is 4.95. The molecule has 0 aromatic carbocycles. The van der Waals surface area contributed by atoms with Gasteiger partial charge in [-0.1, -0.05) is 19.8 Å². The van der Waals surface area contributed by atoms with Crippen LogP contribution in [0.2, 0.25) is 0 Å². The second-order valence-electron chi connectivity index (χ2n) is 6.41. The molecule has 1 aliphatic carbocycles. The van der Waals surface area contributed by atoms with Crippen LogP contribution in [0.15, 0.2) is 0 Å². The Hall–Kier alpha value is -0.120. The van der Waals surface area contributed by atoms with Crippen molar-refractivity contribution in [2.45, 2.75) is 44.7 Å². The number of hydrogen-bond donors (Lipinski definition) is 1. The molecule has 3 nitrogen and oxygen atoms in total. The Bertz CT molecular complexity index is 236. The first kappa shape index (κ1) is 13.3. The van der Waals surface area contributed by atoms with E-state index in [1.165, 1.54) is 32.2 Å². The lowest BCUT2D eigenvalue weighted by molar-refractivity contribution is 0.0720. The summed E-state index contributed by atoms with van der Waals surface area (Å²) in [5, 5.41) is 0. The van der Waals surface area contributed by atoms with E-state index in [1.807, 2.05) is 0 Å². The normalized spacial score (nSPS) is 39.2. The zero-order valence-corrected chi connectivity index (χ0v) is 11.7. The number of hydrogen-bond acceptors (Lipinski definition) is 3. The third-order valence-corrected chi connectivity index (χ3v) is 4.95. The second kappa shape index (κ2) is 5.68. The minimum atomic E-state index is 0.371. The molecule has 3 heteroatoms. The number of likely N-dealkylation sites (N-methyl/N-ethyl adjacent to an activating group) is 2. The van der Waals surface area contributed by atoms with Gasteiger partial charge in [-0.05, 0) is 38.8 Å². The standard InChI is InChI=1S/C14H29N3/c1-11-4-6-12(7-5-11)14(15)13-10-16(2)8-9-17(13)3/h11-14H,4-10,15H2,1-3H3. The van der Waals surface area contributed by atoms with Gasteiger partial charge in [0.25, 0.3) is 0 Å². The van der Waals surface area contributed by atoms with E-state index >= 15 is 0 Å². The Morgan fingerprint density at radius 1 is 1.06 bits per heavy atom. The van der Waals surface area contributed by atoms with Crippen LogP contribution in [-0.2, 0) is 0 Å². The number of piperazine rings is 1. The fraction of sp³-hybridized carbons (Fsp3) is 1.00. The second-order valence-corrected chi connectivity index (χ2v) is 6.41. The Balaban J connectivity index is 1.91. The van der Waals surface area contributed by atoms with E-state index in [1.54, 1.807) is 0 Å². The molecule has 0 amide bonds. The van der Waals surface area contributed by atoms with E-state index < -0.39 is 0 Å². The highest BCUT2D eigenvalue weighted by Gasteiger charge is 2.33. The van der Waals surface area contributed by atoms with Gasteiger partial charge < -0.3 is 10.6 Å². The van der Waals surface area contributed by atoms with Crippen LogP contribution in [-0.4, -0.2) is 55.6 Å². The van der Waals surface area contributed by atoms with Crippen molar-refractivity contribution in [3.8, 4) is 0 Å². The average Bonchev–Trinajstić information content (AvgIpc) is 2.32. The first-order valence-corrected chi connectivity index (χ1v) is 7.22. The van der Waals surface area contributed by atoms with Crippen LogP contribution in [0.25, 0.3) is 0 Å². The Labute approximate surface area is 106 Å². The topological polar surface area (TPSA) is 32.5 Å². The van der Waals surface area contributed by atoms with E-state index in [9.17, 15) is 0 Å². The van der Waals surface area contributed by atoms with Crippen LogP contribution in [0, 0.1) is 11.8 Å². The molecule has 0 bridgehead atoms. The molecule has 2 unspecified atom stereocenters. The van der Waals surface area contributed by atoms with Gasteiger partial charge in [0.15, 0.2) is 0 Å². The van der Waals surface area contributed by atoms with E-state index in [4.69, 9.17) is 5.73 Å². The first-order valence-electron chi connectivity index (χ1n) is 7.22.